The normalized spacial score (nSPS) is 23.4. The maximum Gasteiger partial charge on any atom is 0.158 e. The summed E-state index contributed by atoms with van der Waals surface area (Å²) in [7, 11) is 0. The summed E-state index contributed by atoms with van der Waals surface area (Å²) in [5.74, 6) is 0. The van der Waals surface area contributed by atoms with Crippen LogP contribution in [0.25, 0.3) is 11.0 Å². The molecule has 5 heteroatoms. The molecule has 2 unspecified atom stereocenters. The lowest BCUT2D eigenvalue weighted by Gasteiger charge is -2.17. The molecule has 3 heterocycles. The van der Waals surface area contributed by atoms with Gasteiger partial charge >= 0.3 is 0 Å². The Bertz CT molecular complexity index is 578. The molecule has 1 aliphatic rings. The SMILES string of the molecule is CC1OCCC1Nc1cnc2c(cnn2C(C)C)c1. The zero-order valence-corrected chi connectivity index (χ0v) is 11.6. The largest absolute Gasteiger partial charge is 0.378 e. The summed E-state index contributed by atoms with van der Waals surface area (Å²) in [6, 6.07) is 2.81. The van der Waals surface area contributed by atoms with Gasteiger partial charge in [-0.1, -0.05) is 0 Å². The molecule has 0 radical (unpaired) electrons. The van der Waals surface area contributed by atoms with Gasteiger partial charge in [-0.25, -0.2) is 9.67 Å². The maximum absolute atomic E-state index is 5.56. The van der Waals surface area contributed by atoms with Crippen LogP contribution in [0.15, 0.2) is 18.5 Å². The van der Waals surface area contributed by atoms with Gasteiger partial charge in [-0.2, -0.15) is 5.10 Å². The first-order valence-corrected chi connectivity index (χ1v) is 6.86. The van der Waals surface area contributed by atoms with E-state index in [4.69, 9.17) is 4.74 Å². The van der Waals surface area contributed by atoms with Crippen LogP contribution in [-0.2, 0) is 4.74 Å². The lowest BCUT2D eigenvalue weighted by atomic mass is 10.1. The molecule has 102 valence electrons. The number of nitrogens with one attached hydrogen (secondary N) is 1. The molecule has 2 aromatic heterocycles. The average Bonchev–Trinajstić information content (AvgIpc) is 2.96. The molecule has 0 saturated carbocycles. The number of nitrogens with zero attached hydrogens (tertiary/aromatic N) is 3. The van der Waals surface area contributed by atoms with Crippen LogP contribution in [0.2, 0.25) is 0 Å². The number of hydrogen-bond donors (Lipinski definition) is 1. The predicted molar refractivity (Wildman–Crippen MR) is 75.4 cm³/mol. The second-order valence-electron chi connectivity index (χ2n) is 5.44. The number of rotatable bonds is 3. The van der Waals surface area contributed by atoms with E-state index in [0.29, 0.717) is 12.1 Å². The van der Waals surface area contributed by atoms with Crippen LogP contribution in [0.3, 0.4) is 0 Å². The quantitative estimate of drug-likeness (QED) is 0.921. The van der Waals surface area contributed by atoms with Gasteiger partial charge in [0.15, 0.2) is 5.65 Å². The van der Waals surface area contributed by atoms with Crippen LogP contribution in [-0.4, -0.2) is 33.5 Å². The first-order chi connectivity index (χ1) is 9.15. The number of pyridine rings is 1. The van der Waals surface area contributed by atoms with Gasteiger partial charge in [0, 0.05) is 18.0 Å². The number of aromatic nitrogens is 3. The third-order valence-corrected chi connectivity index (χ3v) is 3.65. The summed E-state index contributed by atoms with van der Waals surface area (Å²) < 4.78 is 7.51. The summed E-state index contributed by atoms with van der Waals surface area (Å²) >= 11 is 0. The highest BCUT2D eigenvalue weighted by molar-refractivity contribution is 5.78. The average molecular weight is 260 g/mol. The Morgan fingerprint density at radius 3 is 2.95 bits per heavy atom. The first kappa shape index (κ1) is 12.4. The molecule has 3 rings (SSSR count). The Hall–Kier alpha value is -1.62. The molecule has 0 aliphatic carbocycles. The first-order valence-electron chi connectivity index (χ1n) is 6.86. The van der Waals surface area contributed by atoms with Crippen molar-refractivity contribution in [2.24, 2.45) is 0 Å². The fraction of sp³-hybridized carbons (Fsp3) is 0.571. The van der Waals surface area contributed by atoms with Crippen molar-refractivity contribution in [1.29, 1.82) is 0 Å². The summed E-state index contributed by atoms with van der Waals surface area (Å²) in [4.78, 5) is 4.53. The van der Waals surface area contributed by atoms with E-state index in [1.807, 2.05) is 17.1 Å². The summed E-state index contributed by atoms with van der Waals surface area (Å²) in [5, 5.41) is 8.96. The highest BCUT2D eigenvalue weighted by Crippen LogP contribution is 2.22. The predicted octanol–water partition coefficient (Wildman–Crippen LogP) is 2.60. The van der Waals surface area contributed by atoms with Crippen LogP contribution in [0.4, 0.5) is 5.69 Å². The molecule has 0 amide bonds. The zero-order valence-electron chi connectivity index (χ0n) is 11.6. The minimum absolute atomic E-state index is 0.258. The fourth-order valence-corrected chi connectivity index (χ4v) is 2.53. The Labute approximate surface area is 113 Å². The maximum atomic E-state index is 5.56. The fourth-order valence-electron chi connectivity index (χ4n) is 2.53. The molecular formula is C14H20N4O. The lowest BCUT2D eigenvalue weighted by molar-refractivity contribution is 0.121. The van der Waals surface area contributed by atoms with E-state index >= 15 is 0 Å². The molecule has 0 spiro atoms. The van der Waals surface area contributed by atoms with Crippen molar-refractivity contribution in [2.75, 3.05) is 11.9 Å². The van der Waals surface area contributed by atoms with E-state index in [1.165, 1.54) is 0 Å². The van der Waals surface area contributed by atoms with E-state index in [9.17, 15) is 0 Å². The number of hydrogen-bond acceptors (Lipinski definition) is 4. The van der Waals surface area contributed by atoms with Crippen molar-refractivity contribution in [3.8, 4) is 0 Å². The summed E-state index contributed by atoms with van der Waals surface area (Å²) in [6.45, 7) is 7.16. The third-order valence-electron chi connectivity index (χ3n) is 3.65. The molecule has 19 heavy (non-hydrogen) atoms. The van der Waals surface area contributed by atoms with Gasteiger partial charge in [0.05, 0.1) is 30.2 Å². The van der Waals surface area contributed by atoms with Crippen LogP contribution < -0.4 is 5.32 Å². The van der Waals surface area contributed by atoms with Gasteiger partial charge < -0.3 is 10.1 Å². The Balaban J connectivity index is 1.86. The molecule has 2 atom stereocenters. The van der Waals surface area contributed by atoms with Crippen LogP contribution in [0, 0.1) is 0 Å². The van der Waals surface area contributed by atoms with Crippen molar-refractivity contribution >= 4 is 16.7 Å². The van der Waals surface area contributed by atoms with E-state index in [1.54, 1.807) is 0 Å². The number of anilines is 1. The van der Waals surface area contributed by atoms with Gasteiger partial charge in [0.1, 0.15) is 0 Å². The minimum atomic E-state index is 0.258. The van der Waals surface area contributed by atoms with Crippen LogP contribution >= 0.6 is 0 Å². The molecule has 1 N–H and O–H groups in total. The second-order valence-corrected chi connectivity index (χ2v) is 5.44. The Morgan fingerprint density at radius 2 is 2.26 bits per heavy atom. The van der Waals surface area contributed by atoms with Crippen LogP contribution in [0.5, 0.6) is 0 Å². The van der Waals surface area contributed by atoms with Crippen molar-refractivity contribution in [3.63, 3.8) is 0 Å². The monoisotopic (exact) mass is 260 g/mol. The van der Waals surface area contributed by atoms with Gasteiger partial charge in [-0.3, -0.25) is 0 Å². The zero-order chi connectivity index (χ0) is 13.4. The molecule has 0 bridgehead atoms. The smallest absolute Gasteiger partial charge is 0.158 e. The number of ether oxygens (including phenoxy) is 1. The van der Waals surface area contributed by atoms with E-state index in [0.717, 1.165) is 29.7 Å². The Morgan fingerprint density at radius 1 is 1.42 bits per heavy atom. The second kappa shape index (κ2) is 4.81. The number of fused-ring (bicyclic) bond motifs is 1. The standard InChI is InChI=1S/C14H20N4O/c1-9(2)18-14-11(7-16-18)6-12(8-15-14)17-13-4-5-19-10(13)3/h6-10,13,17H,4-5H2,1-3H3. The van der Waals surface area contributed by atoms with Crippen molar-refractivity contribution < 1.29 is 4.74 Å². The van der Waals surface area contributed by atoms with Crippen molar-refractivity contribution in [3.05, 3.63) is 18.5 Å². The van der Waals surface area contributed by atoms with Gasteiger partial charge in [0.2, 0.25) is 0 Å². The third kappa shape index (κ3) is 2.30. The summed E-state index contributed by atoms with van der Waals surface area (Å²) in [5.41, 5.74) is 1.98. The molecule has 0 aromatic carbocycles. The molecule has 2 aromatic rings. The topological polar surface area (TPSA) is 52.0 Å². The van der Waals surface area contributed by atoms with Gasteiger partial charge in [0.25, 0.3) is 0 Å². The minimum Gasteiger partial charge on any atom is -0.378 e. The van der Waals surface area contributed by atoms with Crippen LogP contribution in [0.1, 0.15) is 33.2 Å². The van der Waals surface area contributed by atoms with Gasteiger partial charge in [-0.05, 0) is 33.3 Å². The lowest BCUT2D eigenvalue weighted by Crippen LogP contribution is -2.26. The van der Waals surface area contributed by atoms with Gasteiger partial charge in [-0.15, -0.1) is 0 Å². The Kier molecular flexibility index (Phi) is 3.14. The van der Waals surface area contributed by atoms with E-state index < -0.39 is 0 Å². The van der Waals surface area contributed by atoms with E-state index in [2.05, 4.69) is 42.2 Å². The highest BCUT2D eigenvalue weighted by Gasteiger charge is 2.24. The van der Waals surface area contributed by atoms with Crippen molar-refractivity contribution in [1.82, 2.24) is 14.8 Å². The van der Waals surface area contributed by atoms with E-state index in [-0.39, 0.29) is 6.10 Å². The summed E-state index contributed by atoms with van der Waals surface area (Å²) in [6.07, 6.45) is 5.06. The molecule has 5 nitrogen and oxygen atoms in total. The molecule has 1 fully saturated rings. The molecular weight excluding hydrogens is 240 g/mol. The molecule has 1 saturated heterocycles. The highest BCUT2D eigenvalue weighted by atomic mass is 16.5. The molecule has 1 aliphatic heterocycles. The van der Waals surface area contributed by atoms with Crippen molar-refractivity contribution in [2.45, 2.75) is 45.4 Å².